The third-order valence-electron chi connectivity index (χ3n) is 7.30. The zero-order valence-electron chi connectivity index (χ0n) is 24.4. The number of aromatic nitrogens is 1. The summed E-state index contributed by atoms with van der Waals surface area (Å²) in [5.41, 5.74) is 4.64. The number of allylic oxidation sites excluding steroid dienone is 1. The number of benzene rings is 3. The number of nitrogens with zero attached hydrogens (tertiary/aromatic N) is 3. The molecule has 1 amide bonds. The Morgan fingerprint density at radius 3 is 2.32 bits per heavy atom. The predicted octanol–water partition coefficient (Wildman–Crippen LogP) is 9.05. The van der Waals surface area contributed by atoms with Crippen molar-refractivity contribution in [2.24, 2.45) is 0 Å². The quantitative estimate of drug-likeness (QED) is 0.162. The number of carbonyl (C=O) groups excluding carboxylic acids is 1. The van der Waals surface area contributed by atoms with Crippen molar-refractivity contribution in [1.82, 2.24) is 14.8 Å². The molecule has 0 unspecified atom stereocenters. The van der Waals surface area contributed by atoms with E-state index in [0.717, 1.165) is 46.9 Å². The van der Waals surface area contributed by atoms with Crippen LogP contribution in [-0.4, -0.2) is 46.9 Å². The third-order valence-corrected chi connectivity index (χ3v) is 8.20. The molecule has 44 heavy (non-hydrogen) atoms. The molecule has 6 nitrogen and oxygen atoms in total. The Morgan fingerprint density at radius 1 is 0.932 bits per heavy atom. The van der Waals surface area contributed by atoms with E-state index in [2.05, 4.69) is 9.88 Å². The number of rotatable bonds is 9. The van der Waals surface area contributed by atoms with E-state index < -0.39 is 0 Å². The van der Waals surface area contributed by atoms with Crippen molar-refractivity contribution >= 4 is 63.3 Å². The van der Waals surface area contributed by atoms with Crippen LogP contribution in [-0.2, 0) is 17.9 Å². The Labute approximate surface area is 283 Å². The molecular weight excluding hydrogens is 685 g/mol. The fraction of sp³-hybridized carbons (Fsp3) is 0.235. The van der Waals surface area contributed by atoms with Crippen molar-refractivity contribution in [3.63, 3.8) is 0 Å². The highest BCUT2D eigenvalue weighted by Gasteiger charge is 2.20. The number of ether oxygens (including phenoxy) is 2. The van der Waals surface area contributed by atoms with Gasteiger partial charge in [0.1, 0.15) is 12.4 Å². The van der Waals surface area contributed by atoms with Gasteiger partial charge in [-0.15, -0.1) is 17.0 Å². The molecular formula is C34H33BrCl3N3O3. The van der Waals surface area contributed by atoms with Crippen LogP contribution in [0.25, 0.3) is 5.57 Å². The van der Waals surface area contributed by atoms with Crippen molar-refractivity contribution in [1.29, 1.82) is 0 Å². The van der Waals surface area contributed by atoms with Crippen LogP contribution < -0.4 is 9.47 Å². The van der Waals surface area contributed by atoms with Crippen LogP contribution in [0, 0.1) is 6.92 Å². The number of piperazine rings is 1. The molecule has 1 aromatic heterocycles. The topological polar surface area (TPSA) is 54.9 Å². The Balaban J connectivity index is 0.00000442. The summed E-state index contributed by atoms with van der Waals surface area (Å²) in [4.78, 5) is 21.7. The first kappa shape index (κ1) is 33.8. The maximum atomic E-state index is 13.1. The van der Waals surface area contributed by atoms with Crippen molar-refractivity contribution in [2.45, 2.75) is 27.0 Å². The molecule has 2 heterocycles. The second-order valence-corrected chi connectivity index (χ2v) is 11.7. The van der Waals surface area contributed by atoms with Crippen LogP contribution in [0.2, 0.25) is 15.1 Å². The third kappa shape index (κ3) is 8.99. The Kier molecular flexibility index (Phi) is 12.1. The first-order valence-electron chi connectivity index (χ1n) is 14.0. The molecule has 10 heteroatoms. The first-order chi connectivity index (χ1) is 20.7. The van der Waals surface area contributed by atoms with Crippen LogP contribution >= 0.6 is 51.8 Å². The van der Waals surface area contributed by atoms with Gasteiger partial charge in [0.2, 0.25) is 11.8 Å². The lowest BCUT2D eigenvalue weighted by Crippen LogP contribution is -2.47. The Hall–Kier alpha value is -3.07. The van der Waals surface area contributed by atoms with Crippen molar-refractivity contribution in [3.8, 4) is 17.4 Å². The maximum Gasteiger partial charge on any atom is 0.246 e. The number of hydrogen-bond donors (Lipinski definition) is 0. The minimum absolute atomic E-state index is 0. The summed E-state index contributed by atoms with van der Waals surface area (Å²) >= 11 is 18.8. The molecule has 1 fully saturated rings. The van der Waals surface area contributed by atoms with E-state index >= 15 is 0 Å². The Morgan fingerprint density at radius 2 is 1.66 bits per heavy atom. The average Bonchev–Trinajstić information content (AvgIpc) is 3.00. The number of carbonyl (C=O) groups is 1. The normalized spacial score (nSPS) is 13.8. The maximum absolute atomic E-state index is 13.1. The second-order valence-electron chi connectivity index (χ2n) is 10.5. The molecule has 0 bridgehead atoms. The van der Waals surface area contributed by atoms with Gasteiger partial charge in [-0.1, -0.05) is 65.1 Å². The van der Waals surface area contributed by atoms with E-state index in [-0.39, 0.29) is 22.9 Å². The highest BCUT2D eigenvalue weighted by atomic mass is 79.9. The van der Waals surface area contributed by atoms with E-state index in [9.17, 15) is 4.79 Å². The first-order valence-corrected chi connectivity index (χ1v) is 15.1. The van der Waals surface area contributed by atoms with Crippen LogP contribution in [0.1, 0.15) is 29.2 Å². The molecule has 4 aromatic rings. The van der Waals surface area contributed by atoms with Crippen LogP contribution in [0.3, 0.4) is 0 Å². The van der Waals surface area contributed by atoms with Gasteiger partial charge in [-0.25, -0.2) is 4.98 Å². The molecule has 5 rings (SSSR count). The smallest absolute Gasteiger partial charge is 0.246 e. The molecule has 0 aliphatic carbocycles. The largest absolute Gasteiger partial charge is 0.487 e. The lowest BCUT2D eigenvalue weighted by atomic mass is 10.0. The average molecular weight is 718 g/mol. The number of halogens is 4. The Bertz CT molecular complexity index is 1580. The second kappa shape index (κ2) is 15.8. The highest BCUT2D eigenvalue weighted by Crippen LogP contribution is 2.35. The van der Waals surface area contributed by atoms with E-state index in [4.69, 9.17) is 44.3 Å². The fourth-order valence-corrected chi connectivity index (χ4v) is 5.44. The summed E-state index contributed by atoms with van der Waals surface area (Å²) in [6, 6.07) is 22.7. The number of aryl methyl sites for hydroxylation is 1. The molecule has 0 radical (unpaired) electrons. The van der Waals surface area contributed by atoms with Crippen LogP contribution in [0.5, 0.6) is 17.4 Å². The van der Waals surface area contributed by atoms with E-state index in [1.807, 2.05) is 79.4 Å². The lowest BCUT2D eigenvalue weighted by molar-refractivity contribution is -0.127. The zero-order valence-corrected chi connectivity index (χ0v) is 28.4. The summed E-state index contributed by atoms with van der Waals surface area (Å²) in [5, 5.41) is 1.83. The van der Waals surface area contributed by atoms with Crippen molar-refractivity contribution < 1.29 is 14.3 Å². The molecule has 3 aromatic carbocycles. The molecule has 230 valence electrons. The molecule has 0 saturated carbocycles. The summed E-state index contributed by atoms with van der Waals surface area (Å²) in [6.07, 6.45) is 3.28. The van der Waals surface area contributed by atoms with Gasteiger partial charge in [0.25, 0.3) is 0 Å². The summed E-state index contributed by atoms with van der Waals surface area (Å²) in [7, 11) is 0. The predicted molar refractivity (Wildman–Crippen MR) is 184 cm³/mol. The molecule has 1 aliphatic heterocycles. The number of pyridine rings is 1. The monoisotopic (exact) mass is 715 g/mol. The molecule has 1 aliphatic rings. The van der Waals surface area contributed by atoms with Gasteiger partial charge in [-0.05, 0) is 72.5 Å². The minimum atomic E-state index is -0.00112. The standard InChI is InChI=1S/C34H32Cl3N3O3.BrH/c1-23(18-33(41)40-15-13-39(14-16-40)21-25-7-9-28(35)10-8-25)27-17-24(2)34(31(37)19-27)43-32-12-11-29(20-38-32)42-22-26-5-3-4-6-30(26)36;/h3-12,17-20H,13-16,21-22H2,1-2H3;1H/b23-18-;. The molecule has 0 spiro atoms. The van der Waals surface area contributed by atoms with Gasteiger partial charge in [-0.3, -0.25) is 9.69 Å². The fourth-order valence-electron chi connectivity index (χ4n) is 4.82. The summed E-state index contributed by atoms with van der Waals surface area (Å²) in [5.74, 6) is 1.50. The van der Waals surface area contributed by atoms with Crippen LogP contribution in [0.15, 0.2) is 85.1 Å². The minimum Gasteiger partial charge on any atom is -0.487 e. The summed E-state index contributed by atoms with van der Waals surface area (Å²) < 4.78 is 11.8. The molecule has 1 saturated heterocycles. The SMILES string of the molecule is Br.C/C(=C/C(=O)N1CCN(Cc2ccc(Cl)cc2)CC1)c1cc(C)c(Oc2ccc(OCc3ccccc3Cl)cn2)c(Cl)c1. The van der Waals surface area contributed by atoms with Gasteiger partial charge in [0, 0.05) is 60.5 Å². The molecule has 0 N–H and O–H groups in total. The van der Waals surface area contributed by atoms with Gasteiger partial charge < -0.3 is 14.4 Å². The number of amides is 1. The van der Waals surface area contributed by atoms with Crippen LogP contribution in [0.4, 0.5) is 0 Å². The van der Waals surface area contributed by atoms with Gasteiger partial charge in [0.05, 0.1) is 11.2 Å². The van der Waals surface area contributed by atoms with Gasteiger partial charge >= 0.3 is 0 Å². The molecule has 0 atom stereocenters. The van der Waals surface area contributed by atoms with Crippen molar-refractivity contribution in [2.75, 3.05) is 26.2 Å². The highest BCUT2D eigenvalue weighted by molar-refractivity contribution is 8.93. The van der Waals surface area contributed by atoms with Crippen molar-refractivity contribution in [3.05, 3.63) is 122 Å². The number of hydrogen-bond acceptors (Lipinski definition) is 5. The summed E-state index contributed by atoms with van der Waals surface area (Å²) in [6.45, 7) is 8.02. The van der Waals surface area contributed by atoms with Gasteiger partial charge in [0.15, 0.2) is 5.75 Å². The van der Waals surface area contributed by atoms with E-state index in [1.165, 1.54) is 5.56 Å². The lowest BCUT2D eigenvalue weighted by Gasteiger charge is -2.34. The van der Waals surface area contributed by atoms with Gasteiger partial charge in [-0.2, -0.15) is 0 Å². The zero-order chi connectivity index (χ0) is 30.3. The van der Waals surface area contributed by atoms with E-state index in [1.54, 1.807) is 24.4 Å². The van der Waals surface area contributed by atoms with E-state index in [0.29, 0.717) is 47.1 Å².